The third-order valence-corrected chi connectivity index (χ3v) is 4.88. The van der Waals surface area contributed by atoms with E-state index >= 15 is 0 Å². The second-order valence-electron chi connectivity index (χ2n) is 6.82. The highest BCUT2D eigenvalue weighted by atomic mass is 16.1. The quantitative estimate of drug-likeness (QED) is 0.468. The maximum Gasteiger partial charge on any atom is 0.186 e. The van der Waals surface area contributed by atoms with Gasteiger partial charge in [0.05, 0.1) is 6.04 Å². The van der Waals surface area contributed by atoms with E-state index in [0.717, 1.165) is 27.6 Å². The van der Waals surface area contributed by atoms with E-state index in [-0.39, 0.29) is 5.78 Å². The van der Waals surface area contributed by atoms with Gasteiger partial charge in [-0.25, -0.2) is 0 Å². The summed E-state index contributed by atoms with van der Waals surface area (Å²) in [7, 11) is 0. The van der Waals surface area contributed by atoms with Crippen molar-refractivity contribution in [1.82, 2.24) is 10.3 Å². The maximum absolute atomic E-state index is 13.4. The van der Waals surface area contributed by atoms with E-state index in [4.69, 9.17) is 0 Å². The molecule has 1 aromatic heterocycles. The lowest BCUT2D eigenvalue weighted by molar-refractivity contribution is 0.0943. The van der Waals surface area contributed by atoms with Crippen LogP contribution in [0.2, 0.25) is 0 Å². The summed E-state index contributed by atoms with van der Waals surface area (Å²) in [6.45, 7) is 2.71. The molecule has 1 heterocycles. The minimum absolute atomic E-state index is 0.0748. The average molecular weight is 354 g/mol. The number of hydrogen-bond acceptors (Lipinski definition) is 2. The summed E-state index contributed by atoms with van der Waals surface area (Å²) < 4.78 is 0. The van der Waals surface area contributed by atoms with Crippen molar-refractivity contribution in [3.05, 3.63) is 107 Å². The molecule has 3 aromatic carbocycles. The Labute approximate surface area is 159 Å². The van der Waals surface area contributed by atoms with E-state index in [1.807, 2.05) is 60.8 Å². The lowest BCUT2D eigenvalue weighted by Gasteiger charge is -2.18. The summed E-state index contributed by atoms with van der Waals surface area (Å²) in [4.78, 5) is 16.6. The zero-order valence-corrected chi connectivity index (χ0v) is 15.3. The molecule has 4 rings (SSSR count). The van der Waals surface area contributed by atoms with Gasteiger partial charge in [-0.2, -0.15) is 0 Å². The first-order valence-corrected chi connectivity index (χ1v) is 9.16. The highest BCUT2D eigenvalue weighted by Crippen LogP contribution is 2.25. The smallest absolute Gasteiger partial charge is 0.186 e. The molecule has 27 heavy (non-hydrogen) atoms. The fraction of sp³-hybridized carbons (Fsp3) is 0.125. The second kappa shape index (κ2) is 7.60. The normalized spacial score (nSPS) is 12.2. The van der Waals surface area contributed by atoms with Gasteiger partial charge >= 0.3 is 0 Å². The third kappa shape index (κ3) is 3.69. The molecule has 0 aliphatic carbocycles. The Bertz CT molecular complexity index is 1050. The Morgan fingerprint density at radius 1 is 0.926 bits per heavy atom. The Hall–Kier alpha value is -3.17. The first-order chi connectivity index (χ1) is 13.2. The number of rotatable bonds is 6. The molecular formula is C24H22N2O. The van der Waals surface area contributed by atoms with Gasteiger partial charge in [0, 0.05) is 29.2 Å². The van der Waals surface area contributed by atoms with E-state index < -0.39 is 6.04 Å². The number of ketones is 1. The van der Waals surface area contributed by atoms with Gasteiger partial charge in [0.2, 0.25) is 0 Å². The Morgan fingerprint density at radius 3 is 2.41 bits per heavy atom. The van der Waals surface area contributed by atoms with Crippen molar-refractivity contribution in [3.8, 4) is 0 Å². The van der Waals surface area contributed by atoms with Crippen molar-refractivity contribution >= 4 is 16.7 Å². The number of hydrogen-bond donors (Lipinski definition) is 2. The van der Waals surface area contributed by atoms with Crippen LogP contribution in [0.15, 0.2) is 85.1 Å². The molecule has 0 spiro atoms. The lowest BCUT2D eigenvalue weighted by Crippen LogP contribution is -2.28. The fourth-order valence-electron chi connectivity index (χ4n) is 3.36. The van der Waals surface area contributed by atoms with E-state index in [2.05, 4.69) is 41.5 Å². The summed E-state index contributed by atoms with van der Waals surface area (Å²) in [5.41, 5.74) is 5.06. The van der Waals surface area contributed by atoms with Gasteiger partial charge in [0.15, 0.2) is 5.78 Å². The minimum atomic E-state index is -0.397. The predicted molar refractivity (Wildman–Crippen MR) is 110 cm³/mol. The fourth-order valence-corrected chi connectivity index (χ4v) is 3.36. The molecule has 1 atom stereocenters. The Balaban J connectivity index is 1.65. The summed E-state index contributed by atoms with van der Waals surface area (Å²) in [5.74, 6) is 0.0748. The van der Waals surface area contributed by atoms with Gasteiger partial charge < -0.3 is 4.98 Å². The number of aryl methyl sites for hydroxylation is 1. The van der Waals surface area contributed by atoms with Crippen molar-refractivity contribution in [3.63, 3.8) is 0 Å². The topological polar surface area (TPSA) is 44.9 Å². The van der Waals surface area contributed by atoms with Gasteiger partial charge in [-0.3, -0.25) is 10.1 Å². The van der Waals surface area contributed by atoms with E-state index in [1.54, 1.807) is 0 Å². The first-order valence-electron chi connectivity index (χ1n) is 9.16. The van der Waals surface area contributed by atoms with Gasteiger partial charge in [0.1, 0.15) is 0 Å². The summed E-state index contributed by atoms with van der Waals surface area (Å²) >= 11 is 0. The van der Waals surface area contributed by atoms with Crippen LogP contribution in [0.25, 0.3) is 10.9 Å². The molecule has 2 N–H and O–H groups in total. The van der Waals surface area contributed by atoms with Crippen LogP contribution in [0.5, 0.6) is 0 Å². The van der Waals surface area contributed by atoms with Gasteiger partial charge in [0.25, 0.3) is 0 Å². The molecule has 0 fully saturated rings. The highest BCUT2D eigenvalue weighted by Gasteiger charge is 2.23. The van der Waals surface area contributed by atoms with Crippen molar-refractivity contribution in [2.24, 2.45) is 0 Å². The molecule has 134 valence electrons. The zero-order valence-electron chi connectivity index (χ0n) is 15.3. The Kier molecular flexibility index (Phi) is 4.86. The van der Waals surface area contributed by atoms with E-state index in [9.17, 15) is 4.79 Å². The molecular weight excluding hydrogens is 332 g/mol. The van der Waals surface area contributed by atoms with Crippen molar-refractivity contribution in [2.75, 3.05) is 0 Å². The number of benzene rings is 3. The molecule has 0 radical (unpaired) electrons. The number of H-pyrrole nitrogens is 1. The standard InChI is InChI=1S/C24H22N2O/c1-17-11-13-18(14-12-17)15-26-23(19-7-3-2-4-8-19)24(27)21-16-25-22-10-6-5-9-20(21)22/h2-14,16,23,25-26H,15H2,1H3/t23-/m0/s1. The molecule has 0 saturated carbocycles. The molecule has 0 aliphatic rings. The highest BCUT2D eigenvalue weighted by molar-refractivity contribution is 6.10. The average Bonchev–Trinajstić information content (AvgIpc) is 3.14. The molecule has 0 aliphatic heterocycles. The van der Waals surface area contributed by atoms with Crippen LogP contribution in [0.4, 0.5) is 0 Å². The van der Waals surface area contributed by atoms with Crippen LogP contribution >= 0.6 is 0 Å². The van der Waals surface area contributed by atoms with Crippen molar-refractivity contribution < 1.29 is 4.79 Å². The number of nitrogens with one attached hydrogen (secondary N) is 2. The van der Waals surface area contributed by atoms with Gasteiger partial charge in [-0.05, 0) is 24.1 Å². The largest absolute Gasteiger partial charge is 0.360 e. The summed E-state index contributed by atoms with van der Waals surface area (Å²) in [6, 6.07) is 25.8. The zero-order chi connectivity index (χ0) is 18.6. The van der Waals surface area contributed by atoms with Gasteiger partial charge in [-0.15, -0.1) is 0 Å². The molecule has 0 bridgehead atoms. The lowest BCUT2D eigenvalue weighted by atomic mass is 9.96. The summed E-state index contributed by atoms with van der Waals surface area (Å²) in [5, 5.41) is 4.42. The monoisotopic (exact) mass is 354 g/mol. The minimum Gasteiger partial charge on any atom is -0.360 e. The number of fused-ring (bicyclic) bond motifs is 1. The maximum atomic E-state index is 13.4. The Morgan fingerprint density at radius 2 is 1.63 bits per heavy atom. The number of aromatic nitrogens is 1. The summed E-state index contributed by atoms with van der Waals surface area (Å²) in [6.07, 6.45) is 1.82. The van der Waals surface area contributed by atoms with Crippen molar-refractivity contribution in [1.29, 1.82) is 0 Å². The second-order valence-corrected chi connectivity index (χ2v) is 6.82. The first kappa shape index (κ1) is 17.3. The number of carbonyl (C=O) groups excluding carboxylic acids is 1. The number of Topliss-reactive ketones (excluding diaryl/α,β-unsaturated/α-hetero) is 1. The van der Waals surface area contributed by atoms with E-state index in [0.29, 0.717) is 6.54 Å². The SMILES string of the molecule is Cc1ccc(CN[C@H](C(=O)c2c[nH]c3ccccc23)c2ccccc2)cc1. The molecule has 3 nitrogen and oxygen atoms in total. The van der Waals surface area contributed by atoms with Crippen LogP contribution in [-0.2, 0) is 6.54 Å². The van der Waals surface area contributed by atoms with Crippen LogP contribution in [0, 0.1) is 6.92 Å². The molecule has 0 unspecified atom stereocenters. The van der Waals surface area contributed by atoms with Gasteiger partial charge in [-0.1, -0.05) is 78.4 Å². The number of para-hydroxylation sites is 1. The molecule has 4 aromatic rings. The predicted octanol–water partition coefficient (Wildman–Crippen LogP) is 5.19. The van der Waals surface area contributed by atoms with Crippen molar-refractivity contribution in [2.45, 2.75) is 19.5 Å². The number of carbonyl (C=O) groups is 1. The molecule has 3 heteroatoms. The van der Waals surface area contributed by atoms with E-state index in [1.165, 1.54) is 5.56 Å². The third-order valence-electron chi connectivity index (χ3n) is 4.88. The van der Waals surface area contributed by atoms with Crippen LogP contribution in [0.3, 0.4) is 0 Å². The number of aromatic amines is 1. The molecule has 0 saturated heterocycles. The van der Waals surface area contributed by atoms with Crippen LogP contribution in [0.1, 0.15) is 33.1 Å². The van der Waals surface area contributed by atoms with Crippen LogP contribution < -0.4 is 5.32 Å². The van der Waals surface area contributed by atoms with Crippen LogP contribution in [-0.4, -0.2) is 10.8 Å². The molecule has 0 amide bonds.